The van der Waals surface area contributed by atoms with Crippen molar-refractivity contribution in [1.29, 1.82) is 0 Å². The smallest absolute Gasteiger partial charge is 0.462 e. The minimum absolute atomic E-state index is 0.0286. The number of ether oxygens (including phenoxy) is 2. The SMILES string of the molecule is CC/C=C\C/C=C\C/C=C\C/C=C\C/C=C\CCCCCCCCCCCCCCCCCCCCCCCC(=O)OC(COC(=O)CCCCCCCCCC/C=C\C/C=C\C/C=C\CCCCCCC)COP(=O)(O)OCC[N+](C)(C)C. The summed E-state index contributed by atoms with van der Waals surface area (Å²) in [7, 11) is 1.48. The van der Waals surface area contributed by atoms with Crippen LogP contribution in [-0.4, -0.2) is 74.9 Å². The molecule has 0 bridgehead atoms. The van der Waals surface area contributed by atoms with Gasteiger partial charge in [-0.2, -0.15) is 0 Å². The molecule has 0 aliphatic carbocycles. The Hall–Kier alpha value is -3.07. The summed E-state index contributed by atoms with van der Waals surface area (Å²) < 4.78 is 34.7. The quantitative estimate of drug-likeness (QED) is 0.0211. The van der Waals surface area contributed by atoms with Gasteiger partial charge in [0.05, 0.1) is 27.7 Å². The maximum Gasteiger partial charge on any atom is 0.472 e. The van der Waals surface area contributed by atoms with E-state index in [2.05, 4.69) is 111 Å². The van der Waals surface area contributed by atoms with Crippen LogP contribution < -0.4 is 0 Å². The average Bonchev–Trinajstić information content (AvgIpc) is 3.61. The monoisotopic (exact) mass is 1190 g/mol. The normalized spacial score (nSPS) is 13.7. The summed E-state index contributed by atoms with van der Waals surface area (Å²) in [6, 6.07) is 0. The number of hydrogen-bond acceptors (Lipinski definition) is 7. The maximum absolute atomic E-state index is 12.9. The zero-order valence-electron chi connectivity index (χ0n) is 55.4. The number of allylic oxidation sites excluding steroid dienone is 16. The lowest BCUT2D eigenvalue weighted by Crippen LogP contribution is -2.37. The molecular weight excluding hydrogens is 1060 g/mol. The molecule has 486 valence electrons. The zero-order valence-corrected chi connectivity index (χ0v) is 56.3. The highest BCUT2D eigenvalue weighted by Crippen LogP contribution is 2.43. The summed E-state index contributed by atoms with van der Waals surface area (Å²) in [6.45, 7) is 4.33. The molecule has 0 heterocycles. The van der Waals surface area contributed by atoms with E-state index in [4.69, 9.17) is 18.5 Å². The molecule has 0 spiro atoms. The molecule has 2 atom stereocenters. The van der Waals surface area contributed by atoms with Crippen LogP contribution in [0.25, 0.3) is 0 Å². The second-order valence-corrected chi connectivity index (χ2v) is 26.0. The molecule has 1 N–H and O–H groups in total. The van der Waals surface area contributed by atoms with Crippen molar-refractivity contribution < 1.29 is 42.1 Å². The fourth-order valence-corrected chi connectivity index (χ4v) is 10.5. The minimum atomic E-state index is -4.40. The van der Waals surface area contributed by atoms with Crippen LogP contribution in [0.3, 0.4) is 0 Å². The van der Waals surface area contributed by atoms with Crippen molar-refractivity contribution in [3.05, 3.63) is 97.2 Å². The van der Waals surface area contributed by atoms with Crippen LogP contribution in [0, 0.1) is 0 Å². The van der Waals surface area contributed by atoms with Crippen molar-refractivity contribution in [3.8, 4) is 0 Å². The van der Waals surface area contributed by atoms with E-state index in [1.807, 2.05) is 21.1 Å². The number of likely N-dealkylation sites (N-methyl/N-ethyl adjacent to an activating group) is 1. The van der Waals surface area contributed by atoms with Crippen LogP contribution in [-0.2, 0) is 32.7 Å². The van der Waals surface area contributed by atoms with Gasteiger partial charge in [0.1, 0.15) is 19.8 Å². The van der Waals surface area contributed by atoms with E-state index < -0.39 is 26.5 Å². The molecule has 0 rings (SSSR count). The van der Waals surface area contributed by atoms with Crippen molar-refractivity contribution in [2.24, 2.45) is 0 Å². The number of rotatable bonds is 64. The molecule has 0 fully saturated rings. The number of quaternary nitrogens is 1. The summed E-state index contributed by atoms with van der Waals surface area (Å²) in [5, 5.41) is 0. The number of phosphoric ester groups is 1. The summed E-state index contributed by atoms with van der Waals surface area (Å²) in [5.74, 6) is -0.797. The first-order chi connectivity index (χ1) is 41.0. The fourth-order valence-electron chi connectivity index (χ4n) is 9.76. The van der Waals surface area contributed by atoms with Crippen LogP contribution in [0.1, 0.15) is 309 Å². The van der Waals surface area contributed by atoms with Crippen LogP contribution in [0.15, 0.2) is 97.2 Å². The first-order valence-corrected chi connectivity index (χ1v) is 36.5. The van der Waals surface area contributed by atoms with Gasteiger partial charge in [0.2, 0.25) is 0 Å². The number of carbonyl (C=O) groups is 2. The van der Waals surface area contributed by atoms with Gasteiger partial charge in [0, 0.05) is 12.8 Å². The van der Waals surface area contributed by atoms with E-state index in [9.17, 15) is 19.0 Å². The van der Waals surface area contributed by atoms with Crippen LogP contribution in [0.2, 0.25) is 0 Å². The Balaban J connectivity index is 4.01. The lowest BCUT2D eigenvalue weighted by molar-refractivity contribution is -0.870. The van der Waals surface area contributed by atoms with E-state index in [1.165, 1.54) is 186 Å². The highest BCUT2D eigenvalue weighted by atomic mass is 31.2. The number of phosphoric acid groups is 1. The highest BCUT2D eigenvalue weighted by molar-refractivity contribution is 7.47. The Morgan fingerprint density at radius 2 is 0.679 bits per heavy atom. The first-order valence-electron chi connectivity index (χ1n) is 35.0. The zero-order chi connectivity index (χ0) is 61.2. The summed E-state index contributed by atoms with van der Waals surface area (Å²) in [6.07, 6.45) is 89.4. The van der Waals surface area contributed by atoms with Crippen molar-refractivity contribution in [2.45, 2.75) is 315 Å². The molecule has 0 aliphatic heterocycles. The summed E-state index contributed by atoms with van der Waals surface area (Å²) >= 11 is 0. The van der Waals surface area contributed by atoms with E-state index in [0.717, 1.165) is 89.9 Å². The number of hydrogen-bond donors (Lipinski definition) is 1. The minimum Gasteiger partial charge on any atom is -0.462 e. The van der Waals surface area contributed by atoms with E-state index in [0.29, 0.717) is 17.4 Å². The molecule has 2 unspecified atom stereocenters. The highest BCUT2D eigenvalue weighted by Gasteiger charge is 2.27. The molecule has 10 heteroatoms. The van der Waals surface area contributed by atoms with E-state index in [1.54, 1.807) is 0 Å². The lowest BCUT2D eigenvalue weighted by atomic mass is 10.0. The maximum atomic E-state index is 12.9. The van der Waals surface area contributed by atoms with Crippen LogP contribution in [0.4, 0.5) is 0 Å². The molecular formula is C74H133NO8P+. The number of nitrogens with zero attached hydrogens (tertiary/aromatic N) is 1. The Morgan fingerprint density at radius 1 is 0.381 bits per heavy atom. The van der Waals surface area contributed by atoms with E-state index in [-0.39, 0.29) is 32.0 Å². The van der Waals surface area contributed by atoms with Gasteiger partial charge in [-0.1, -0.05) is 297 Å². The van der Waals surface area contributed by atoms with Crippen molar-refractivity contribution in [1.82, 2.24) is 0 Å². The Kier molecular flexibility index (Phi) is 62.1. The molecule has 0 amide bonds. The topological polar surface area (TPSA) is 108 Å². The van der Waals surface area contributed by atoms with Crippen LogP contribution in [0.5, 0.6) is 0 Å². The van der Waals surface area contributed by atoms with Crippen LogP contribution >= 0.6 is 7.82 Å². The van der Waals surface area contributed by atoms with Gasteiger partial charge in [0.15, 0.2) is 6.10 Å². The number of unbranched alkanes of at least 4 members (excludes halogenated alkanes) is 34. The van der Waals surface area contributed by atoms with Crippen molar-refractivity contribution >= 4 is 19.8 Å². The molecule has 9 nitrogen and oxygen atoms in total. The number of esters is 2. The van der Waals surface area contributed by atoms with Gasteiger partial charge in [-0.15, -0.1) is 0 Å². The molecule has 0 saturated carbocycles. The predicted octanol–water partition coefficient (Wildman–Crippen LogP) is 22.7. The fraction of sp³-hybridized carbons (Fsp3) is 0.757. The first kappa shape index (κ1) is 80.9. The third-order valence-electron chi connectivity index (χ3n) is 15.1. The van der Waals surface area contributed by atoms with Crippen molar-refractivity contribution in [3.63, 3.8) is 0 Å². The Labute approximate surface area is 519 Å². The molecule has 0 aromatic heterocycles. The molecule has 0 radical (unpaired) electrons. The van der Waals surface area contributed by atoms with Gasteiger partial charge in [-0.05, 0) is 96.3 Å². The van der Waals surface area contributed by atoms with Crippen molar-refractivity contribution in [2.75, 3.05) is 47.5 Å². The summed E-state index contributed by atoms with van der Waals surface area (Å²) in [5.41, 5.74) is 0. The number of carbonyl (C=O) groups excluding carboxylic acids is 2. The molecule has 0 saturated heterocycles. The molecule has 0 aromatic rings. The lowest BCUT2D eigenvalue weighted by Gasteiger charge is -2.24. The largest absolute Gasteiger partial charge is 0.472 e. The summed E-state index contributed by atoms with van der Waals surface area (Å²) in [4.78, 5) is 35.9. The predicted molar refractivity (Wildman–Crippen MR) is 362 cm³/mol. The molecule has 0 aliphatic rings. The molecule has 0 aromatic carbocycles. The van der Waals surface area contributed by atoms with Gasteiger partial charge < -0.3 is 18.9 Å². The standard InChI is InChI=1S/C74H132NO8P/c1-6-8-10-12-14-16-18-20-22-24-26-28-30-31-32-33-34-35-36-37-38-39-40-41-42-43-45-47-49-51-53-55-57-59-61-63-65-67-74(77)83-72(71-82-84(78,79)81-69-68-75(3,4)5)70-80-73(76)66-64-62-60-58-56-54-52-50-48-46-44-29-27-25-23-21-19-17-15-13-11-9-7-2/h8,10,14,16,19-22,25-28,31-32,44,46,72H,6-7,9,11-13,15,17-18,23-24,29-30,33-43,45,47-71H2,1-5H3/p+1/b10-8-,16-14-,21-19-,22-20-,27-25-,28-26-,32-31-,46-44-. The van der Waals surface area contributed by atoms with E-state index >= 15 is 0 Å². The average molecular weight is 1200 g/mol. The second-order valence-electron chi connectivity index (χ2n) is 24.5. The second kappa shape index (κ2) is 64.4. The van der Waals surface area contributed by atoms with Gasteiger partial charge in [0.25, 0.3) is 0 Å². The van der Waals surface area contributed by atoms with Gasteiger partial charge >= 0.3 is 19.8 Å². The van der Waals surface area contributed by atoms with Gasteiger partial charge in [-0.3, -0.25) is 18.6 Å². The molecule has 84 heavy (non-hydrogen) atoms. The Bertz CT molecular complexity index is 1740. The third kappa shape index (κ3) is 68.0. The Morgan fingerprint density at radius 3 is 1.01 bits per heavy atom. The van der Waals surface area contributed by atoms with Gasteiger partial charge in [-0.25, -0.2) is 4.57 Å². The third-order valence-corrected chi connectivity index (χ3v) is 16.1.